The number of anilines is 4. The average molecular weight is 1790 g/mol. The molecule has 0 unspecified atom stereocenters. The molecule has 12 rings (SSSR count). The third kappa shape index (κ3) is 25.2. The Labute approximate surface area is 738 Å². The van der Waals surface area contributed by atoms with E-state index >= 15 is 0 Å². The zero-order valence-corrected chi connectivity index (χ0v) is 75.5. The fraction of sp³-hybridized carbons (Fsp3) is 0.478. The van der Waals surface area contributed by atoms with Gasteiger partial charge in [0.2, 0.25) is 17.7 Å². The summed E-state index contributed by atoms with van der Waals surface area (Å²) >= 11 is 2.95. The summed E-state index contributed by atoms with van der Waals surface area (Å²) in [5.74, 6) is -3.38. The summed E-state index contributed by atoms with van der Waals surface area (Å²) < 4.78 is 83.8. The summed E-state index contributed by atoms with van der Waals surface area (Å²) in [4.78, 5) is 112. The Morgan fingerprint density at radius 2 is 1.00 bits per heavy atom. The van der Waals surface area contributed by atoms with Crippen LogP contribution in [-0.4, -0.2) is 181 Å². The molecule has 4 aliphatic rings. The maximum Gasteiger partial charge on any atom is 0.303 e. The summed E-state index contributed by atoms with van der Waals surface area (Å²) in [6.07, 6.45) is 13.2. The molecule has 2 saturated heterocycles. The minimum Gasteiger partial charge on any atom is -0.497 e. The van der Waals surface area contributed by atoms with Gasteiger partial charge in [-0.3, -0.25) is 33.6 Å². The lowest BCUT2D eigenvalue weighted by Gasteiger charge is -2.28. The van der Waals surface area contributed by atoms with E-state index in [2.05, 4.69) is 59.8 Å². The van der Waals surface area contributed by atoms with Crippen LogP contribution in [0.3, 0.4) is 0 Å². The number of carboxylic acids is 2. The molecule has 4 aromatic carbocycles. The number of thiazole rings is 2. The number of hydrogen-bond acceptors (Lipinski definition) is 26. The van der Waals surface area contributed by atoms with Crippen LogP contribution in [-0.2, 0) is 53.6 Å². The van der Waals surface area contributed by atoms with E-state index in [-0.39, 0.29) is 72.9 Å². The van der Waals surface area contributed by atoms with E-state index in [0.717, 1.165) is 79.9 Å². The van der Waals surface area contributed by atoms with Crippen LogP contribution in [0.5, 0.6) is 23.0 Å². The fourth-order valence-electron chi connectivity index (χ4n) is 15.4. The van der Waals surface area contributed by atoms with E-state index < -0.39 is 108 Å². The molecule has 125 heavy (non-hydrogen) atoms. The van der Waals surface area contributed by atoms with Crippen molar-refractivity contribution in [3.63, 3.8) is 0 Å². The molecule has 4 aromatic heterocycles. The van der Waals surface area contributed by atoms with E-state index in [1.54, 1.807) is 74.9 Å². The summed E-state index contributed by atoms with van der Waals surface area (Å²) in [6.45, 7) is 23.1. The number of nitrogens with one attached hydrogen (secondary N) is 9. The van der Waals surface area contributed by atoms with Crippen molar-refractivity contribution in [3.8, 4) is 45.8 Å². The summed E-state index contributed by atoms with van der Waals surface area (Å²) in [5.41, 5.74) is 0.960. The molecule has 0 radical (unpaired) electrons. The first kappa shape index (κ1) is 94.7. The molecular weight excluding hydrogens is 1680 g/mol. The second-order valence-corrected chi connectivity index (χ2v) is 38.9. The summed E-state index contributed by atoms with van der Waals surface area (Å²) in [7, 11) is -5.59. The maximum atomic E-state index is 14.5. The van der Waals surface area contributed by atoms with Gasteiger partial charge < -0.3 is 71.3 Å². The molecule has 0 spiro atoms. The van der Waals surface area contributed by atoms with Crippen LogP contribution in [0.1, 0.15) is 170 Å². The second kappa shape index (κ2) is 42.3. The van der Waals surface area contributed by atoms with Gasteiger partial charge >= 0.3 is 11.9 Å². The highest BCUT2D eigenvalue weighted by Crippen LogP contribution is 2.48. The highest BCUT2D eigenvalue weighted by atomic mass is 32.2. The lowest BCUT2D eigenvalue weighted by molar-refractivity contribution is -0.141. The van der Waals surface area contributed by atoms with Gasteiger partial charge in [0.25, 0.3) is 31.9 Å². The Hall–Kier alpha value is -11.0. The minimum atomic E-state index is -4.42. The van der Waals surface area contributed by atoms with Gasteiger partial charge in [-0.05, 0) is 120 Å². The number of pyridine rings is 2. The van der Waals surface area contributed by atoms with Gasteiger partial charge in [-0.25, -0.2) is 46.2 Å². The Morgan fingerprint density at radius 1 is 0.568 bits per heavy atom. The number of aromatic nitrogens is 4. The molecule has 672 valence electrons. The normalized spacial score (nSPS) is 19.6. The van der Waals surface area contributed by atoms with Crippen LogP contribution in [0.15, 0.2) is 143 Å². The smallest absolute Gasteiger partial charge is 0.303 e. The highest BCUT2D eigenvalue weighted by molar-refractivity contribution is 7.90. The Kier molecular flexibility index (Phi) is 32.0. The number of carbonyl (C=O) groups excluding carboxylic acids is 5. The summed E-state index contributed by atoms with van der Waals surface area (Å²) in [5, 5.41) is 46.4. The molecule has 2 aliphatic carbocycles. The van der Waals surface area contributed by atoms with Gasteiger partial charge in [0.05, 0.1) is 60.6 Å². The van der Waals surface area contributed by atoms with Crippen LogP contribution >= 0.6 is 22.7 Å². The Balaban J connectivity index is 0.000000244. The van der Waals surface area contributed by atoms with Crippen LogP contribution in [0.25, 0.3) is 44.6 Å². The van der Waals surface area contributed by atoms with Gasteiger partial charge in [-0.15, -0.1) is 35.8 Å². The van der Waals surface area contributed by atoms with Crippen molar-refractivity contribution < 1.29 is 79.6 Å². The number of unbranched alkanes of at least 4 members (excludes halogenated alkanes) is 10. The van der Waals surface area contributed by atoms with Crippen molar-refractivity contribution in [2.45, 2.75) is 228 Å². The zero-order valence-electron chi connectivity index (χ0n) is 72.2. The SMILES string of the molecule is C=C[C@@H]1C[C@]1(NC(=O)[C@@H]1C[C@@H](Oc2cc(-c3csc(NC(C)C)n3)nc3cc(OC)ccc23)CN1)C(=O)NS(=O)(=O)c1ccccc1NCCCCCCCCC(=O)O.C=C[C@@H]1C[C@]1(NC(=O)[C@@H]1C[C@@H](Oc2cc(-c3csc(NC(C)C)n3)nc3cc(OC)ccc23)CN1C(=O)CC(C)(C)C)C(=O)NS(=O)(=O)c1ccccc1NCCCCCCCCC(=O)O. The molecule has 6 heterocycles. The number of carbonyl (C=O) groups is 7. The highest BCUT2D eigenvalue weighted by Gasteiger charge is 2.63. The van der Waals surface area contributed by atoms with Gasteiger partial charge in [-0.2, -0.15) is 0 Å². The number of fused-ring (bicyclic) bond motifs is 2. The Bertz CT molecular complexity index is 5450. The fourth-order valence-corrected chi connectivity index (χ4v) is 19.5. The molecule has 2 saturated carbocycles. The second-order valence-electron chi connectivity index (χ2n) is 33.9. The third-order valence-corrected chi connectivity index (χ3v) is 26.4. The van der Waals surface area contributed by atoms with Crippen molar-refractivity contribution in [3.05, 3.63) is 133 Å². The molecule has 31 nitrogen and oxygen atoms in total. The van der Waals surface area contributed by atoms with Gasteiger partial charge in [-0.1, -0.05) is 109 Å². The largest absolute Gasteiger partial charge is 0.497 e. The topological polar surface area (TPSA) is 428 Å². The van der Waals surface area contributed by atoms with Crippen molar-refractivity contribution >= 4 is 128 Å². The lowest BCUT2D eigenvalue weighted by atomic mass is 9.91. The number of sulfonamides is 2. The predicted octanol–water partition coefficient (Wildman–Crippen LogP) is 13.9. The monoisotopic (exact) mass is 1790 g/mol. The number of ether oxygens (including phenoxy) is 4. The van der Waals surface area contributed by atoms with E-state index in [1.807, 2.05) is 89.6 Å². The molecule has 8 aromatic rings. The first-order valence-corrected chi connectivity index (χ1v) is 47.3. The number of rotatable bonds is 45. The molecule has 2 aliphatic heterocycles. The first-order valence-electron chi connectivity index (χ1n) is 42.6. The number of likely N-dealkylation sites (tertiary alicyclic amines) is 1. The number of carboxylic acid groups (broad SMARTS) is 2. The maximum absolute atomic E-state index is 14.5. The lowest BCUT2D eigenvalue weighted by Crippen LogP contribution is -2.56. The Morgan fingerprint density at radius 3 is 1.42 bits per heavy atom. The average Bonchev–Trinajstić information content (AvgIpc) is 1.58. The number of aliphatic carboxylic acids is 2. The van der Waals surface area contributed by atoms with Crippen molar-refractivity contribution in [2.75, 3.05) is 61.7 Å². The minimum absolute atomic E-state index is 0.0792. The molecule has 8 atom stereocenters. The van der Waals surface area contributed by atoms with Crippen LogP contribution in [0.4, 0.5) is 21.6 Å². The molecular formula is C90H116N14O17S4. The zero-order chi connectivity index (χ0) is 90.0. The molecule has 0 bridgehead atoms. The third-order valence-electron chi connectivity index (χ3n) is 22.1. The quantitative estimate of drug-likeness (QED) is 0.0125. The molecule has 4 fully saturated rings. The van der Waals surface area contributed by atoms with E-state index in [9.17, 15) is 50.4 Å². The van der Waals surface area contributed by atoms with Crippen LogP contribution in [0.2, 0.25) is 0 Å². The van der Waals surface area contributed by atoms with Crippen LogP contribution < -0.4 is 65.6 Å². The van der Waals surface area contributed by atoms with E-state index in [4.69, 9.17) is 49.1 Å². The van der Waals surface area contributed by atoms with E-state index in [1.165, 1.54) is 45.8 Å². The predicted molar refractivity (Wildman–Crippen MR) is 485 cm³/mol. The summed E-state index contributed by atoms with van der Waals surface area (Å²) in [6, 6.07) is 26.0. The van der Waals surface area contributed by atoms with Crippen LogP contribution in [0, 0.1) is 17.3 Å². The molecule has 11 N–H and O–H groups in total. The number of methoxy groups -OCH3 is 2. The van der Waals surface area contributed by atoms with Crippen molar-refractivity contribution in [1.82, 2.24) is 50.2 Å². The first-order chi connectivity index (χ1) is 59.6. The molecule has 35 heteroatoms. The van der Waals surface area contributed by atoms with Gasteiger partial charge in [0, 0.05) is 121 Å². The van der Waals surface area contributed by atoms with Gasteiger partial charge in [0.1, 0.15) is 73.5 Å². The van der Waals surface area contributed by atoms with Crippen molar-refractivity contribution in [2.24, 2.45) is 17.3 Å². The number of nitrogens with zero attached hydrogens (tertiary/aromatic N) is 5. The number of para-hydroxylation sites is 2. The molecule has 5 amide bonds. The van der Waals surface area contributed by atoms with E-state index in [0.29, 0.717) is 112 Å². The van der Waals surface area contributed by atoms with Crippen molar-refractivity contribution in [1.29, 1.82) is 0 Å². The van der Waals surface area contributed by atoms with Gasteiger partial charge in [0.15, 0.2) is 10.3 Å². The number of hydrogen-bond donors (Lipinski definition) is 11. The standard InChI is InChI=1S/C48H63N7O9S2.C42H53N7O8S2/c1-8-31-26-48(31,45(60)54-66(61,62)41-18-15-14-17-35(41)49-22-16-12-10-9-11-13-19-43(57)58)53-44(59)39-24-33(28-55(39)42(56)27-47(4,5)6)64-40-25-37(38-29-65-46(52-38)50-30(2)3)51-36-23-32(63-7)20-21-34(36)40;1-5-27-23-42(27,40(53)49-59(54,55)37-15-12-11-14-31(37)43-19-13-9-7-6-8-10-16-38(50)51)48-39(52)34-21-29(24-44-34)57-36-22-33(35-25-58-41(47-35)45-26(2)3)46-32-20-28(56-4)17-18-30(32)36/h8,14-15,17-18,20-21,23,25,29-31,33,39,49H,1,9-13,16,19,22,24,26-28H2,2-7H3,(H,50,52)(H,53,59)(H,54,60)(H,57,58);5,11-12,14-15,17-18,20,22,25-27,29,34,43-44H,1,6-10,13,16,19,21,23-24H2,2-4H3,(H,45,47)(H,48,52)(H,49,53)(H,50,51)/t31-,33-,39+,48-;27-,29-,34+,42-/m11/s1. The number of benzene rings is 4. The number of amides is 5.